The lowest BCUT2D eigenvalue weighted by Gasteiger charge is -2.20. The molecule has 0 aliphatic rings. The summed E-state index contributed by atoms with van der Waals surface area (Å²) < 4.78 is 10.9. The largest absolute Gasteiger partial charge is 0.493 e. The second-order valence-corrected chi connectivity index (χ2v) is 4.70. The van der Waals surface area contributed by atoms with E-state index in [4.69, 9.17) is 26.8 Å². The van der Waals surface area contributed by atoms with Gasteiger partial charge in [0, 0.05) is 7.05 Å². The van der Waals surface area contributed by atoms with E-state index in [-0.39, 0.29) is 5.82 Å². The smallest absolute Gasteiger partial charge is 0.161 e. The summed E-state index contributed by atoms with van der Waals surface area (Å²) in [5.74, 6) is 2.23. The van der Waals surface area contributed by atoms with Crippen LogP contribution in [-0.4, -0.2) is 37.3 Å². The highest BCUT2D eigenvalue weighted by Gasteiger charge is 2.11. The monoisotopic (exact) mass is 308 g/mol. The Hall–Kier alpha value is -2.21. The number of nitrogens with zero attached hydrogens (tertiary/aromatic N) is 3. The van der Waals surface area contributed by atoms with Crippen LogP contribution in [0.15, 0.2) is 30.6 Å². The first-order chi connectivity index (χ1) is 10.1. The Morgan fingerprint density at radius 2 is 1.95 bits per heavy atom. The van der Waals surface area contributed by atoms with Crippen molar-refractivity contribution in [1.82, 2.24) is 9.97 Å². The van der Waals surface area contributed by atoms with E-state index in [1.54, 1.807) is 7.11 Å². The highest BCUT2D eigenvalue weighted by atomic mass is 35.5. The van der Waals surface area contributed by atoms with Crippen LogP contribution in [0.5, 0.6) is 11.5 Å². The molecule has 0 amide bonds. The van der Waals surface area contributed by atoms with Crippen molar-refractivity contribution < 1.29 is 9.47 Å². The Morgan fingerprint density at radius 1 is 1.24 bits per heavy atom. The third-order valence-corrected chi connectivity index (χ3v) is 3.28. The van der Waals surface area contributed by atoms with E-state index in [1.165, 1.54) is 6.33 Å². The molecule has 0 unspecified atom stereocenters. The average molecular weight is 309 g/mol. The molecule has 7 heteroatoms. The van der Waals surface area contributed by atoms with E-state index in [9.17, 15) is 0 Å². The lowest BCUT2D eigenvalue weighted by molar-refractivity contribution is 0.301. The number of likely N-dealkylation sites (N-methyl/N-ethyl adjacent to an activating group) is 1. The number of nitrogen functional groups attached to an aromatic ring is 1. The maximum Gasteiger partial charge on any atom is 0.161 e. The minimum absolute atomic E-state index is 0.263. The van der Waals surface area contributed by atoms with Gasteiger partial charge >= 0.3 is 0 Å². The van der Waals surface area contributed by atoms with E-state index < -0.39 is 0 Å². The first-order valence-corrected chi connectivity index (χ1v) is 6.74. The number of methoxy groups -OCH3 is 1. The van der Waals surface area contributed by atoms with Gasteiger partial charge in [-0.25, -0.2) is 9.97 Å². The van der Waals surface area contributed by atoms with Gasteiger partial charge in [-0.3, -0.25) is 0 Å². The minimum atomic E-state index is 0.263. The lowest BCUT2D eigenvalue weighted by atomic mass is 10.3. The summed E-state index contributed by atoms with van der Waals surface area (Å²) in [5, 5.41) is 0.345. The molecule has 0 saturated carbocycles. The molecule has 2 aromatic rings. The van der Waals surface area contributed by atoms with Crippen molar-refractivity contribution in [3.63, 3.8) is 0 Å². The molecular formula is C14H17ClN4O2. The second-order valence-electron chi connectivity index (χ2n) is 4.32. The highest BCUT2D eigenvalue weighted by Crippen LogP contribution is 2.27. The van der Waals surface area contributed by atoms with Crippen LogP contribution < -0.4 is 20.1 Å². The number of rotatable bonds is 6. The number of halogens is 1. The molecule has 0 aliphatic carbocycles. The Kier molecular flexibility index (Phi) is 5.05. The fourth-order valence-corrected chi connectivity index (χ4v) is 2.02. The Morgan fingerprint density at radius 3 is 2.67 bits per heavy atom. The maximum absolute atomic E-state index is 6.08. The Balaban J connectivity index is 1.95. The Labute approximate surface area is 128 Å². The number of anilines is 2. The lowest BCUT2D eigenvalue weighted by Crippen LogP contribution is -2.25. The molecule has 1 aromatic heterocycles. The first-order valence-electron chi connectivity index (χ1n) is 6.36. The van der Waals surface area contributed by atoms with Gasteiger partial charge in [0.15, 0.2) is 17.3 Å². The molecule has 0 fully saturated rings. The van der Waals surface area contributed by atoms with Gasteiger partial charge in [0.2, 0.25) is 0 Å². The van der Waals surface area contributed by atoms with Crippen LogP contribution >= 0.6 is 11.6 Å². The number of benzene rings is 1. The molecule has 1 aromatic carbocycles. The molecule has 0 aliphatic heterocycles. The number of ether oxygens (including phenoxy) is 2. The summed E-state index contributed by atoms with van der Waals surface area (Å²) >= 11 is 6.08. The van der Waals surface area contributed by atoms with Gasteiger partial charge in [-0.2, -0.15) is 0 Å². The highest BCUT2D eigenvalue weighted by molar-refractivity contribution is 6.35. The molecule has 0 saturated heterocycles. The molecule has 1 heterocycles. The summed E-state index contributed by atoms with van der Waals surface area (Å²) in [6, 6.07) is 7.49. The van der Waals surface area contributed by atoms with Crippen molar-refractivity contribution in [1.29, 1.82) is 0 Å². The van der Waals surface area contributed by atoms with Crippen LogP contribution in [0.4, 0.5) is 11.6 Å². The summed E-state index contributed by atoms with van der Waals surface area (Å²) in [6.07, 6.45) is 1.38. The summed E-state index contributed by atoms with van der Waals surface area (Å²) in [6.45, 7) is 1.05. The van der Waals surface area contributed by atoms with Crippen LogP contribution in [0.25, 0.3) is 0 Å². The first kappa shape index (κ1) is 15.2. The number of nitrogens with two attached hydrogens (primary N) is 1. The van der Waals surface area contributed by atoms with Crippen molar-refractivity contribution in [3.8, 4) is 11.5 Å². The van der Waals surface area contributed by atoms with Crippen molar-refractivity contribution in [2.45, 2.75) is 0 Å². The summed E-state index contributed by atoms with van der Waals surface area (Å²) in [5.41, 5.74) is 5.66. The predicted octanol–water partition coefficient (Wildman–Crippen LogP) is 2.24. The van der Waals surface area contributed by atoms with Crippen LogP contribution in [0, 0.1) is 0 Å². The van der Waals surface area contributed by atoms with Crippen LogP contribution in [0.3, 0.4) is 0 Å². The van der Waals surface area contributed by atoms with Gasteiger partial charge in [-0.1, -0.05) is 23.7 Å². The molecule has 2 rings (SSSR count). The fourth-order valence-electron chi connectivity index (χ4n) is 1.78. The van der Waals surface area contributed by atoms with E-state index in [1.807, 2.05) is 36.2 Å². The van der Waals surface area contributed by atoms with Gasteiger partial charge in [-0.15, -0.1) is 0 Å². The summed E-state index contributed by atoms with van der Waals surface area (Å²) in [7, 11) is 3.47. The zero-order valence-corrected chi connectivity index (χ0v) is 12.7. The molecule has 0 atom stereocenters. The molecule has 21 heavy (non-hydrogen) atoms. The van der Waals surface area contributed by atoms with Gasteiger partial charge in [-0.05, 0) is 12.1 Å². The molecule has 0 spiro atoms. The van der Waals surface area contributed by atoms with Gasteiger partial charge < -0.3 is 20.1 Å². The van der Waals surface area contributed by atoms with Crippen molar-refractivity contribution in [2.24, 2.45) is 0 Å². The SMILES string of the molecule is COc1ccccc1OCCN(C)c1ncnc(N)c1Cl. The zero-order valence-electron chi connectivity index (χ0n) is 11.9. The average Bonchev–Trinajstić information content (AvgIpc) is 2.50. The van der Waals surface area contributed by atoms with Gasteiger partial charge in [0.05, 0.1) is 13.7 Å². The summed E-state index contributed by atoms with van der Waals surface area (Å²) in [4.78, 5) is 9.81. The van der Waals surface area contributed by atoms with Crippen LogP contribution in [-0.2, 0) is 0 Å². The normalized spacial score (nSPS) is 10.2. The van der Waals surface area contributed by atoms with Crippen molar-refractivity contribution in [3.05, 3.63) is 35.6 Å². The van der Waals surface area contributed by atoms with E-state index in [0.717, 1.165) is 0 Å². The molecule has 0 radical (unpaired) electrons. The number of hydrogen-bond acceptors (Lipinski definition) is 6. The molecule has 112 valence electrons. The quantitative estimate of drug-likeness (QED) is 0.882. The van der Waals surface area contributed by atoms with E-state index >= 15 is 0 Å². The Bertz CT molecular complexity index is 609. The zero-order chi connectivity index (χ0) is 15.2. The third-order valence-electron chi connectivity index (χ3n) is 2.91. The van der Waals surface area contributed by atoms with E-state index in [0.29, 0.717) is 35.5 Å². The van der Waals surface area contributed by atoms with Crippen molar-refractivity contribution in [2.75, 3.05) is 37.9 Å². The number of para-hydroxylation sites is 2. The standard InChI is InChI=1S/C14H17ClN4O2/c1-19(14-12(15)13(16)17-9-18-14)7-8-21-11-6-4-3-5-10(11)20-2/h3-6,9H,7-8H2,1-2H3,(H2,16,17,18). The molecule has 2 N–H and O–H groups in total. The van der Waals surface area contributed by atoms with Crippen molar-refractivity contribution >= 4 is 23.2 Å². The molecule has 6 nitrogen and oxygen atoms in total. The minimum Gasteiger partial charge on any atom is -0.493 e. The number of hydrogen-bond donors (Lipinski definition) is 1. The fraction of sp³-hybridized carbons (Fsp3) is 0.286. The topological polar surface area (TPSA) is 73.5 Å². The second kappa shape index (κ2) is 6.99. The van der Waals surface area contributed by atoms with Gasteiger partial charge in [0.1, 0.15) is 23.8 Å². The molecule has 0 bridgehead atoms. The maximum atomic E-state index is 6.08. The van der Waals surface area contributed by atoms with Crippen LogP contribution in [0.1, 0.15) is 0 Å². The third kappa shape index (κ3) is 3.66. The van der Waals surface area contributed by atoms with Crippen LogP contribution in [0.2, 0.25) is 5.02 Å². The number of aromatic nitrogens is 2. The van der Waals surface area contributed by atoms with E-state index in [2.05, 4.69) is 9.97 Å². The van der Waals surface area contributed by atoms with Gasteiger partial charge in [0.25, 0.3) is 0 Å². The predicted molar refractivity (Wildman–Crippen MR) is 83.2 cm³/mol. The molecular weight excluding hydrogens is 292 g/mol.